The molecule has 94 valence electrons. The molecule has 6 heteroatoms. The fourth-order valence-electron chi connectivity index (χ4n) is 1.83. The summed E-state index contributed by atoms with van der Waals surface area (Å²) in [5.41, 5.74) is 5.69. The van der Waals surface area contributed by atoms with Crippen molar-refractivity contribution < 1.29 is 13.6 Å². The van der Waals surface area contributed by atoms with Crippen LogP contribution in [0, 0.1) is 11.6 Å². The van der Waals surface area contributed by atoms with Crippen molar-refractivity contribution in [2.24, 2.45) is 5.73 Å². The second-order valence-corrected chi connectivity index (χ2v) is 3.96. The van der Waals surface area contributed by atoms with E-state index in [-0.39, 0.29) is 29.9 Å². The van der Waals surface area contributed by atoms with Gasteiger partial charge >= 0.3 is 0 Å². The molecule has 1 atom stereocenters. The van der Waals surface area contributed by atoms with Crippen LogP contribution in [-0.2, 0) is 0 Å². The van der Waals surface area contributed by atoms with Gasteiger partial charge in [-0.15, -0.1) is 12.4 Å². The van der Waals surface area contributed by atoms with E-state index in [9.17, 15) is 13.6 Å². The second-order valence-electron chi connectivity index (χ2n) is 3.96. The number of nitrogens with two attached hydrogens (primary N) is 1. The number of hydrogen-bond donors (Lipinski definition) is 1. The SMILES string of the molecule is Cl.N[C@@H]1CCN(C(=O)c2cc(F)cc(F)c2)C1. The third-order valence-corrected chi connectivity index (χ3v) is 2.62. The molecule has 0 aromatic heterocycles. The largest absolute Gasteiger partial charge is 0.337 e. The zero-order valence-electron chi connectivity index (χ0n) is 9.03. The Bertz CT molecular complexity index is 408. The summed E-state index contributed by atoms with van der Waals surface area (Å²) in [6, 6.07) is 2.78. The summed E-state index contributed by atoms with van der Waals surface area (Å²) < 4.78 is 25.8. The molecule has 1 saturated heterocycles. The molecule has 1 aliphatic heterocycles. The highest BCUT2D eigenvalue weighted by atomic mass is 35.5. The molecule has 1 heterocycles. The highest BCUT2D eigenvalue weighted by Gasteiger charge is 2.24. The van der Waals surface area contributed by atoms with Crippen molar-refractivity contribution in [2.75, 3.05) is 13.1 Å². The van der Waals surface area contributed by atoms with E-state index in [4.69, 9.17) is 5.73 Å². The number of amides is 1. The van der Waals surface area contributed by atoms with Crippen LogP contribution in [0.3, 0.4) is 0 Å². The highest BCUT2D eigenvalue weighted by Crippen LogP contribution is 2.14. The summed E-state index contributed by atoms with van der Waals surface area (Å²) in [6.45, 7) is 0.981. The quantitative estimate of drug-likeness (QED) is 0.835. The maximum Gasteiger partial charge on any atom is 0.254 e. The molecule has 0 unspecified atom stereocenters. The van der Waals surface area contributed by atoms with Crippen LogP contribution in [0.15, 0.2) is 18.2 Å². The minimum absolute atomic E-state index is 0. The predicted octanol–water partition coefficient (Wildman–Crippen LogP) is 1.56. The number of nitrogens with zero attached hydrogens (tertiary/aromatic N) is 1. The van der Waals surface area contributed by atoms with E-state index >= 15 is 0 Å². The third-order valence-electron chi connectivity index (χ3n) is 2.62. The number of likely N-dealkylation sites (tertiary alicyclic amines) is 1. The van der Waals surface area contributed by atoms with Crippen LogP contribution in [0.1, 0.15) is 16.8 Å². The van der Waals surface area contributed by atoms with Gasteiger partial charge in [0, 0.05) is 30.8 Å². The number of benzene rings is 1. The Morgan fingerprint density at radius 3 is 2.35 bits per heavy atom. The minimum atomic E-state index is -0.744. The lowest BCUT2D eigenvalue weighted by Crippen LogP contribution is -2.32. The summed E-state index contributed by atoms with van der Waals surface area (Å²) >= 11 is 0. The molecule has 1 aromatic rings. The zero-order valence-corrected chi connectivity index (χ0v) is 9.84. The van der Waals surface area contributed by atoms with Gasteiger partial charge in [-0.2, -0.15) is 0 Å². The van der Waals surface area contributed by atoms with Gasteiger partial charge in [0.1, 0.15) is 11.6 Å². The van der Waals surface area contributed by atoms with Crippen LogP contribution in [0.4, 0.5) is 8.78 Å². The van der Waals surface area contributed by atoms with Gasteiger partial charge in [-0.3, -0.25) is 4.79 Å². The van der Waals surface area contributed by atoms with Gasteiger partial charge < -0.3 is 10.6 Å². The predicted molar refractivity (Wildman–Crippen MR) is 62.1 cm³/mol. The van der Waals surface area contributed by atoms with Crippen molar-refractivity contribution in [3.8, 4) is 0 Å². The van der Waals surface area contributed by atoms with E-state index in [1.54, 1.807) is 0 Å². The van der Waals surface area contributed by atoms with Crippen LogP contribution in [0.25, 0.3) is 0 Å². The molecule has 3 nitrogen and oxygen atoms in total. The maximum absolute atomic E-state index is 12.9. The molecule has 1 aliphatic rings. The summed E-state index contributed by atoms with van der Waals surface area (Å²) in [7, 11) is 0. The number of hydrogen-bond acceptors (Lipinski definition) is 2. The maximum atomic E-state index is 12.9. The Morgan fingerprint density at radius 2 is 1.88 bits per heavy atom. The molecule has 2 rings (SSSR count). The lowest BCUT2D eigenvalue weighted by atomic mass is 10.2. The van der Waals surface area contributed by atoms with Gasteiger partial charge in [0.05, 0.1) is 0 Å². The molecule has 0 spiro atoms. The molecule has 1 fully saturated rings. The number of carbonyl (C=O) groups is 1. The molecular weight excluding hydrogens is 250 g/mol. The molecule has 2 N–H and O–H groups in total. The fraction of sp³-hybridized carbons (Fsp3) is 0.364. The van der Waals surface area contributed by atoms with Gasteiger partial charge in [-0.25, -0.2) is 8.78 Å². The van der Waals surface area contributed by atoms with E-state index in [2.05, 4.69) is 0 Å². The summed E-state index contributed by atoms with van der Waals surface area (Å²) in [5, 5.41) is 0. The number of carbonyl (C=O) groups excluding carboxylic acids is 1. The third kappa shape index (κ3) is 3.14. The summed E-state index contributed by atoms with van der Waals surface area (Å²) in [4.78, 5) is 13.3. The number of rotatable bonds is 1. The average Bonchev–Trinajstić information content (AvgIpc) is 2.62. The number of halogens is 3. The van der Waals surface area contributed by atoms with Gasteiger partial charge in [0.2, 0.25) is 0 Å². The van der Waals surface area contributed by atoms with Gasteiger partial charge in [0.25, 0.3) is 5.91 Å². The normalized spacial score (nSPS) is 19.0. The molecule has 0 aliphatic carbocycles. The molecular formula is C11H13ClF2N2O. The Kier molecular flexibility index (Phi) is 4.42. The fourth-order valence-corrected chi connectivity index (χ4v) is 1.83. The molecule has 1 amide bonds. The van der Waals surface area contributed by atoms with Crippen molar-refractivity contribution in [1.82, 2.24) is 4.90 Å². The summed E-state index contributed by atoms with van der Waals surface area (Å²) in [5.74, 6) is -1.86. The smallest absolute Gasteiger partial charge is 0.254 e. The Morgan fingerprint density at radius 1 is 1.29 bits per heavy atom. The van der Waals surface area contributed by atoms with Gasteiger partial charge in [-0.1, -0.05) is 0 Å². The first-order valence-electron chi connectivity index (χ1n) is 5.07. The Labute approximate surface area is 104 Å². The van der Waals surface area contributed by atoms with E-state index in [0.717, 1.165) is 24.6 Å². The first-order valence-corrected chi connectivity index (χ1v) is 5.07. The van der Waals surface area contributed by atoms with Crippen LogP contribution in [0.2, 0.25) is 0 Å². The van der Waals surface area contributed by atoms with Crippen molar-refractivity contribution in [1.29, 1.82) is 0 Å². The molecule has 0 saturated carbocycles. The van der Waals surface area contributed by atoms with E-state index < -0.39 is 11.6 Å². The zero-order chi connectivity index (χ0) is 11.7. The van der Waals surface area contributed by atoms with Crippen LogP contribution >= 0.6 is 12.4 Å². The minimum Gasteiger partial charge on any atom is -0.337 e. The first-order chi connectivity index (χ1) is 7.56. The Balaban J connectivity index is 0.00000144. The lowest BCUT2D eigenvalue weighted by Gasteiger charge is -2.15. The van der Waals surface area contributed by atoms with E-state index in [1.807, 2.05) is 0 Å². The van der Waals surface area contributed by atoms with Gasteiger partial charge in [-0.05, 0) is 18.6 Å². The van der Waals surface area contributed by atoms with Crippen LogP contribution < -0.4 is 5.73 Å². The topological polar surface area (TPSA) is 46.3 Å². The molecule has 0 radical (unpaired) electrons. The van der Waals surface area contributed by atoms with Gasteiger partial charge in [0.15, 0.2) is 0 Å². The van der Waals surface area contributed by atoms with Crippen LogP contribution in [0.5, 0.6) is 0 Å². The second kappa shape index (κ2) is 5.42. The molecule has 17 heavy (non-hydrogen) atoms. The average molecular weight is 263 g/mol. The van der Waals surface area contributed by atoms with Crippen molar-refractivity contribution in [3.63, 3.8) is 0 Å². The van der Waals surface area contributed by atoms with Crippen LogP contribution in [-0.4, -0.2) is 29.9 Å². The van der Waals surface area contributed by atoms with E-state index in [1.165, 1.54) is 4.90 Å². The summed E-state index contributed by atoms with van der Waals surface area (Å²) in [6.07, 6.45) is 0.726. The standard InChI is InChI=1S/C11H12F2N2O.ClH/c12-8-3-7(4-9(13)5-8)11(16)15-2-1-10(14)6-15;/h3-5,10H,1-2,6,14H2;1H/t10-;/m1./s1. The lowest BCUT2D eigenvalue weighted by molar-refractivity contribution is 0.0790. The first kappa shape index (κ1) is 13.9. The highest BCUT2D eigenvalue weighted by molar-refractivity contribution is 5.94. The monoisotopic (exact) mass is 262 g/mol. The van der Waals surface area contributed by atoms with Crippen molar-refractivity contribution >= 4 is 18.3 Å². The molecule has 1 aromatic carbocycles. The van der Waals surface area contributed by atoms with Crippen molar-refractivity contribution in [3.05, 3.63) is 35.4 Å². The van der Waals surface area contributed by atoms with E-state index in [0.29, 0.717) is 13.1 Å². The molecule has 0 bridgehead atoms. The Hall–Kier alpha value is -1.20. The van der Waals surface area contributed by atoms with Crippen molar-refractivity contribution in [2.45, 2.75) is 12.5 Å².